The molecule has 2 fully saturated rings. The van der Waals surface area contributed by atoms with Crippen LogP contribution in [0.4, 0.5) is 0 Å². The van der Waals surface area contributed by atoms with Crippen molar-refractivity contribution in [3.05, 3.63) is 0 Å². The van der Waals surface area contributed by atoms with Gasteiger partial charge in [0.15, 0.2) is 0 Å². The van der Waals surface area contributed by atoms with Gasteiger partial charge in [-0.25, -0.2) is 0 Å². The van der Waals surface area contributed by atoms with E-state index in [9.17, 15) is 0 Å². The third-order valence-corrected chi connectivity index (χ3v) is 4.01. The van der Waals surface area contributed by atoms with Gasteiger partial charge in [0.1, 0.15) is 0 Å². The third-order valence-electron chi connectivity index (χ3n) is 4.01. The molecule has 1 saturated carbocycles. The summed E-state index contributed by atoms with van der Waals surface area (Å²) in [4.78, 5) is 0. The molecule has 2 aliphatic rings. The lowest BCUT2D eigenvalue weighted by atomic mass is 10.00. The van der Waals surface area contributed by atoms with Crippen molar-refractivity contribution < 1.29 is 4.74 Å². The summed E-state index contributed by atoms with van der Waals surface area (Å²) < 4.78 is 5.78. The molecule has 0 spiro atoms. The topological polar surface area (TPSA) is 21.3 Å². The molecule has 16 heavy (non-hydrogen) atoms. The molecular formula is C14H27NO. The summed E-state index contributed by atoms with van der Waals surface area (Å²) in [6.07, 6.45) is 9.65. The van der Waals surface area contributed by atoms with Crippen LogP contribution in [0.1, 0.15) is 58.8 Å². The first-order valence-corrected chi connectivity index (χ1v) is 7.21. The van der Waals surface area contributed by atoms with E-state index in [0.29, 0.717) is 6.10 Å². The number of rotatable bonds is 6. The Balaban J connectivity index is 1.66. The number of ether oxygens (including phenoxy) is 1. The zero-order valence-electron chi connectivity index (χ0n) is 10.9. The van der Waals surface area contributed by atoms with Crippen molar-refractivity contribution in [3.63, 3.8) is 0 Å². The zero-order chi connectivity index (χ0) is 11.4. The van der Waals surface area contributed by atoms with Gasteiger partial charge in [-0.2, -0.15) is 0 Å². The summed E-state index contributed by atoms with van der Waals surface area (Å²) >= 11 is 0. The molecule has 1 N–H and O–H groups in total. The van der Waals surface area contributed by atoms with E-state index in [2.05, 4.69) is 19.2 Å². The van der Waals surface area contributed by atoms with Crippen molar-refractivity contribution in [3.8, 4) is 0 Å². The first-order valence-electron chi connectivity index (χ1n) is 7.21. The van der Waals surface area contributed by atoms with Gasteiger partial charge in [0, 0.05) is 18.7 Å². The van der Waals surface area contributed by atoms with E-state index in [1.807, 2.05) is 0 Å². The fourth-order valence-electron chi connectivity index (χ4n) is 3.00. The smallest absolute Gasteiger partial charge is 0.0589 e. The van der Waals surface area contributed by atoms with E-state index < -0.39 is 0 Å². The van der Waals surface area contributed by atoms with E-state index >= 15 is 0 Å². The molecule has 1 aliphatic carbocycles. The van der Waals surface area contributed by atoms with Crippen molar-refractivity contribution in [2.45, 2.75) is 77.0 Å². The molecule has 0 amide bonds. The molecular weight excluding hydrogens is 198 g/mol. The monoisotopic (exact) mass is 225 g/mol. The van der Waals surface area contributed by atoms with Crippen molar-refractivity contribution >= 4 is 0 Å². The molecule has 4 unspecified atom stereocenters. The number of hydrogen-bond donors (Lipinski definition) is 1. The molecule has 0 aromatic heterocycles. The second-order valence-corrected chi connectivity index (χ2v) is 5.56. The molecule has 0 aromatic carbocycles. The third kappa shape index (κ3) is 3.46. The summed E-state index contributed by atoms with van der Waals surface area (Å²) in [5, 5.41) is 3.84. The average molecular weight is 225 g/mol. The lowest BCUT2D eigenvalue weighted by Gasteiger charge is -2.30. The predicted octanol–water partition coefficient (Wildman–Crippen LogP) is 3.11. The van der Waals surface area contributed by atoms with Crippen LogP contribution in [0.25, 0.3) is 0 Å². The van der Waals surface area contributed by atoms with Crippen LogP contribution in [-0.2, 0) is 4.74 Å². The van der Waals surface area contributed by atoms with E-state index in [-0.39, 0.29) is 0 Å². The Morgan fingerprint density at radius 2 is 1.94 bits per heavy atom. The highest BCUT2D eigenvalue weighted by atomic mass is 16.5. The zero-order valence-corrected chi connectivity index (χ0v) is 10.9. The molecule has 0 aromatic rings. The van der Waals surface area contributed by atoms with Crippen LogP contribution in [0.5, 0.6) is 0 Å². The molecule has 1 saturated heterocycles. The first-order chi connectivity index (χ1) is 7.83. The van der Waals surface area contributed by atoms with Crippen LogP contribution >= 0.6 is 0 Å². The molecule has 2 heteroatoms. The summed E-state index contributed by atoms with van der Waals surface area (Å²) in [6, 6.07) is 1.57. The van der Waals surface area contributed by atoms with Gasteiger partial charge in [0.05, 0.1) is 6.10 Å². The molecule has 4 atom stereocenters. The minimum absolute atomic E-state index is 0.527. The van der Waals surface area contributed by atoms with Crippen LogP contribution in [0.15, 0.2) is 0 Å². The molecule has 1 aliphatic heterocycles. The van der Waals surface area contributed by atoms with Crippen molar-refractivity contribution in [1.29, 1.82) is 0 Å². The highest BCUT2D eigenvalue weighted by Crippen LogP contribution is 2.35. The van der Waals surface area contributed by atoms with Gasteiger partial charge < -0.3 is 10.1 Å². The highest BCUT2D eigenvalue weighted by Gasteiger charge is 2.38. The minimum atomic E-state index is 0.527. The van der Waals surface area contributed by atoms with Crippen LogP contribution in [0.2, 0.25) is 0 Å². The predicted molar refractivity (Wildman–Crippen MR) is 67.6 cm³/mol. The van der Waals surface area contributed by atoms with E-state index in [1.165, 1.54) is 44.9 Å². The quantitative estimate of drug-likeness (QED) is 0.750. The fraction of sp³-hybridized carbons (Fsp3) is 1.00. The van der Waals surface area contributed by atoms with Gasteiger partial charge >= 0.3 is 0 Å². The fourth-order valence-corrected chi connectivity index (χ4v) is 3.00. The van der Waals surface area contributed by atoms with Crippen molar-refractivity contribution in [2.75, 3.05) is 6.61 Å². The van der Waals surface area contributed by atoms with Gasteiger partial charge in [-0.3, -0.25) is 0 Å². The van der Waals surface area contributed by atoms with Crippen LogP contribution < -0.4 is 5.32 Å². The largest absolute Gasteiger partial charge is 0.378 e. The van der Waals surface area contributed by atoms with Crippen LogP contribution in [-0.4, -0.2) is 24.8 Å². The van der Waals surface area contributed by atoms with Crippen LogP contribution in [0, 0.1) is 5.92 Å². The average Bonchev–Trinajstić information content (AvgIpc) is 2.98. The normalized spacial score (nSPS) is 38.6. The minimum Gasteiger partial charge on any atom is -0.378 e. The van der Waals surface area contributed by atoms with E-state index in [4.69, 9.17) is 4.74 Å². The van der Waals surface area contributed by atoms with Gasteiger partial charge in [-0.15, -0.1) is 0 Å². The Labute approximate surface area is 100 Å². The Hall–Kier alpha value is -0.0800. The Bertz CT molecular complexity index is 205. The molecule has 0 radical (unpaired) electrons. The van der Waals surface area contributed by atoms with Crippen LogP contribution in [0.3, 0.4) is 0 Å². The maximum Gasteiger partial charge on any atom is 0.0589 e. The maximum atomic E-state index is 5.78. The van der Waals surface area contributed by atoms with E-state index in [1.54, 1.807) is 0 Å². The SMILES string of the molecule is CCCC1CC(NC2CC2CCC)CCO1. The number of nitrogens with one attached hydrogen (secondary N) is 1. The standard InChI is InChI=1S/C14H27NO/c1-3-5-11-9-14(11)15-12-7-8-16-13(10-12)6-4-2/h11-15H,3-10H2,1-2H3. The molecule has 0 bridgehead atoms. The Morgan fingerprint density at radius 1 is 1.12 bits per heavy atom. The second kappa shape index (κ2) is 6.02. The summed E-state index contributed by atoms with van der Waals surface area (Å²) in [5.41, 5.74) is 0. The highest BCUT2D eigenvalue weighted by molar-refractivity contribution is 4.95. The molecule has 1 heterocycles. The van der Waals surface area contributed by atoms with Gasteiger partial charge in [0.2, 0.25) is 0 Å². The summed E-state index contributed by atoms with van der Waals surface area (Å²) in [6.45, 7) is 5.51. The van der Waals surface area contributed by atoms with Crippen molar-refractivity contribution in [1.82, 2.24) is 5.32 Å². The summed E-state index contributed by atoms with van der Waals surface area (Å²) in [5.74, 6) is 0.984. The van der Waals surface area contributed by atoms with Crippen molar-refractivity contribution in [2.24, 2.45) is 5.92 Å². The second-order valence-electron chi connectivity index (χ2n) is 5.56. The molecule has 2 nitrogen and oxygen atoms in total. The first kappa shape index (κ1) is 12.4. The summed E-state index contributed by atoms with van der Waals surface area (Å²) in [7, 11) is 0. The Kier molecular flexibility index (Phi) is 4.66. The van der Waals surface area contributed by atoms with Gasteiger partial charge in [-0.05, 0) is 38.0 Å². The number of hydrogen-bond acceptors (Lipinski definition) is 2. The lowest BCUT2D eigenvalue weighted by Crippen LogP contribution is -2.40. The lowest BCUT2D eigenvalue weighted by molar-refractivity contribution is -0.00365. The van der Waals surface area contributed by atoms with Gasteiger partial charge in [0.25, 0.3) is 0 Å². The maximum absolute atomic E-state index is 5.78. The molecule has 94 valence electrons. The Morgan fingerprint density at radius 3 is 2.69 bits per heavy atom. The molecule has 2 rings (SSSR count). The van der Waals surface area contributed by atoms with Gasteiger partial charge in [-0.1, -0.05) is 26.7 Å². The van der Waals surface area contributed by atoms with E-state index in [0.717, 1.165) is 24.6 Å².